The summed E-state index contributed by atoms with van der Waals surface area (Å²) in [5.74, 6) is -0.139. The van der Waals surface area contributed by atoms with Gasteiger partial charge in [0.2, 0.25) is 5.91 Å². The lowest BCUT2D eigenvalue weighted by atomic mass is 10.3. The Morgan fingerprint density at radius 2 is 1.79 bits per heavy atom. The van der Waals surface area contributed by atoms with Crippen LogP contribution in [0.2, 0.25) is 5.02 Å². The fourth-order valence-corrected chi connectivity index (χ4v) is 3.37. The van der Waals surface area contributed by atoms with E-state index < -0.39 is 9.84 Å². The predicted octanol–water partition coefficient (Wildman–Crippen LogP) is 2.80. The molecule has 2 rings (SSSR count). The van der Waals surface area contributed by atoms with Gasteiger partial charge >= 0.3 is 0 Å². The Bertz CT molecular complexity index is 853. The molecule has 2 aromatic rings. The standard InChI is InChI=1S/C16H17ClN2O4S/c1-23-14-9-5-8-13(16(14)24(2,21)22)18-10-15(20)19-12-7-4-3-6-11(12)17/h3-9,18H,10H2,1-2H3,(H,19,20). The third-order valence-corrected chi connectivity index (χ3v) is 4.65. The van der Waals surface area contributed by atoms with Crippen molar-refractivity contribution in [2.75, 3.05) is 30.5 Å². The zero-order valence-electron chi connectivity index (χ0n) is 13.2. The topological polar surface area (TPSA) is 84.5 Å². The molecule has 0 unspecified atom stereocenters. The van der Waals surface area contributed by atoms with E-state index in [1.165, 1.54) is 7.11 Å². The number of carbonyl (C=O) groups is 1. The maximum Gasteiger partial charge on any atom is 0.243 e. The lowest BCUT2D eigenvalue weighted by Crippen LogP contribution is -2.22. The summed E-state index contributed by atoms with van der Waals surface area (Å²) in [6.07, 6.45) is 1.08. The van der Waals surface area contributed by atoms with Crippen LogP contribution in [-0.2, 0) is 14.6 Å². The van der Waals surface area contributed by atoms with Crippen LogP contribution in [0, 0.1) is 0 Å². The average Bonchev–Trinajstić information content (AvgIpc) is 2.53. The fraction of sp³-hybridized carbons (Fsp3) is 0.188. The summed E-state index contributed by atoms with van der Waals surface area (Å²) in [6, 6.07) is 11.6. The lowest BCUT2D eigenvalue weighted by Gasteiger charge is -2.14. The second-order valence-electron chi connectivity index (χ2n) is 4.99. The van der Waals surface area contributed by atoms with Gasteiger partial charge in [0.25, 0.3) is 0 Å². The summed E-state index contributed by atoms with van der Waals surface area (Å²) in [5, 5.41) is 5.89. The Morgan fingerprint density at radius 3 is 2.42 bits per heavy atom. The summed E-state index contributed by atoms with van der Waals surface area (Å²) < 4.78 is 29.0. The molecule has 1 amide bonds. The summed E-state index contributed by atoms with van der Waals surface area (Å²) in [4.78, 5) is 12.1. The molecule has 128 valence electrons. The molecule has 0 aliphatic carbocycles. The highest BCUT2D eigenvalue weighted by molar-refractivity contribution is 7.91. The number of amides is 1. The van der Waals surface area contributed by atoms with Crippen LogP contribution in [0.25, 0.3) is 0 Å². The van der Waals surface area contributed by atoms with E-state index in [0.29, 0.717) is 16.4 Å². The molecule has 0 radical (unpaired) electrons. The van der Waals surface area contributed by atoms with E-state index >= 15 is 0 Å². The van der Waals surface area contributed by atoms with Crippen molar-refractivity contribution < 1.29 is 17.9 Å². The van der Waals surface area contributed by atoms with Gasteiger partial charge in [0.05, 0.1) is 30.1 Å². The molecule has 24 heavy (non-hydrogen) atoms. The predicted molar refractivity (Wildman–Crippen MR) is 94.7 cm³/mol. The first-order valence-corrected chi connectivity index (χ1v) is 9.25. The third-order valence-electron chi connectivity index (χ3n) is 3.16. The molecular weight excluding hydrogens is 352 g/mol. The fourth-order valence-electron chi connectivity index (χ4n) is 2.13. The second-order valence-corrected chi connectivity index (χ2v) is 7.35. The molecule has 0 saturated carbocycles. The van der Waals surface area contributed by atoms with Gasteiger partial charge in [-0.3, -0.25) is 4.79 Å². The molecule has 0 bridgehead atoms. The molecule has 0 aliphatic heterocycles. The van der Waals surface area contributed by atoms with Gasteiger partial charge in [-0.1, -0.05) is 29.8 Å². The molecule has 0 aromatic heterocycles. The monoisotopic (exact) mass is 368 g/mol. The summed E-state index contributed by atoms with van der Waals surface area (Å²) in [6.45, 7) is -0.124. The van der Waals surface area contributed by atoms with E-state index in [1.807, 2.05) is 0 Å². The van der Waals surface area contributed by atoms with Crippen molar-refractivity contribution in [3.05, 3.63) is 47.5 Å². The number of carbonyl (C=O) groups excluding carboxylic acids is 1. The van der Waals surface area contributed by atoms with Crippen LogP contribution in [0.15, 0.2) is 47.4 Å². The van der Waals surface area contributed by atoms with Crippen LogP contribution in [0.1, 0.15) is 0 Å². The van der Waals surface area contributed by atoms with Crippen molar-refractivity contribution in [1.82, 2.24) is 0 Å². The maximum atomic E-state index is 12.0. The van der Waals surface area contributed by atoms with Crippen LogP contribution in [0.5, 0.6) is 5.75 Å². The highest BCUT2D eigenvalue weighted by Crippen LogP contribution is 2.31. The van der Waals surface area contributed by atoms with E-state index in [-0.39, 0.29) is 23.1 Å². The van der Waals surface area contributed by atoms with Crippen molar-refractivity contribution in [1.29, 1.82) is 0 Å². The zero-order valence-corrected chi connectivity index (χ0v) is 14.7. The van der Waals surface area contributed by atoms with Crippen molar-refractivity contribution in [3.8, 4) is 5.75 Å². The van der Waals surface area contributed by atoms with Gasteiger partial charge in [0.1, 0.15) is 10.6 Å². The minimum absolute atomic E-state index is 0.0121. The number of hydrogen-bond acceptors (Lipinski definition) is 5. The normalized spacial score (nSPS) is 11.0. The smallest absolute Gasteiger partial charge is 0.243 e. The number of para-hydroxylation sites is 1. The van der Waals surface area contributed by atoms with Crippen LogP contribution < -0.4 is 15.4 Å². The van der Waals surface area contributed by atoms with Gasteiger partial charge in [-0.25, -0.2) is 8.42 Å². The molecule has 0 fully saturated rings. The van der Waals surface area contributed by atoms with Crippen molar-refractivity contribution in [2.45, 2.75) is 4.90 Å². The number of methoxy groups -OCH3 is 1. The molecule has 2 N–H and O–H groups in total. The highest BCUT2D eigenvalue weighted by atomic mass is 35.5. The number of hydrogen-bond donors (Lipinski definition) is 2. The summed E-state index contributed by atoms with van der Waals surface area (Å²) in [5.41, 5.74) is 0.783. The number of halogens is 1. The Hall–Kier alpha value is -2.25. The Labute approximate surface area is 145 Å². The summed E-state index contributed by atoms with van der Waals surface area (Å²) in [7, 11) is -2.14. The second kappa shape index (κ2) is 7.55. The van der Waals surface area contributed by atoms with Gasteiger partial charge in [-0.05, 0) is 24.3 Å². The molecule has 0 saturated heterocycles. The lowest BCUT2D eigenvalue weighted by molar-refractivity contribution is -0.114. The van der Waals surface area contributed by atoms with E-state index in [1.54, 1.807) is 42.5 Å². The molecule has 2 aromatic carbocycles. The van der Waals surface area contributed by atoms with Crippen LogP contribution in [0.3, 0.4) is 0 Å². The molecule has 8 heteroatoms. The Balaban J connectivity index is 2.15. The minimum atomic E-state index is -3.53. The molecule has 0 spiro atoms. The average molecular weight is 369 g/mol. The first-order chi connectivity index (χ1) is 11.3. The first-order valence-electron chi connectivity index (χ1n) is 6.98. The maximum absolute atomic E-state index is 12.0. The molecule has 0 atom stereocenters. The van der Waals surface area contributed by atoms with Gasteiger partial charge < -0.3 is 15.4 Å². The van der Waals surface area contributed by atoms with Crippen molar-refractivity contribution >= 4 is 38.7 Å². The van der Waals surface area contributed by atoms with Crippen LogP contribution in [0.4, 0.5) is 11.4 Å². The SMILES string of the molecule is COc1cccc(NCC(=O)Nc2ccccc2Cl)c1S(C)(=O)=O. The van der Waals surface area contributed by atoms with E-state index in [2.05, 4.69) is 10.6 Å². The number of sulfone groups is 1. The quantitative estimate of drug-likeness (QED) is 0.819. The molecule has 0 heterocycles. The van der Waals surface area contributed by atoms with Gasteiger partial charge in [-0.2, -0.15) is 0 Å². The molecular formula is C16H17ClN2O4S. The summed E-state index contributed by atoms with van der Waals surface area (Å²) >= 11 is 5.98. The first kappa shape index (κ1) is 18.1. The molecule has 6 nitrogen and oxygen atoms in total. The number of nitrogens with one attached hydrogen (secondary N) is 2. The number of ether oxygens (including phenoxy) is 1. The number of rotatable bonds is 6. The van der Waals surface area contributed by atoms with Gasteiger partial charge in [-0.15, -0.1) is 0 Å². The van der Waals surface area contributed by atoms with Crippen LogP contribution in [-0.4, -0.2) is 34.2 Å². The van der Waals surface area contributed by atoms with E-state index in [0.717, 1.165) is 6.26 Å². The minimum Gasteiger partial charge on any atom is -0.495 e. The van der Waals surface area contributed by atoms with Crippen molar-refractivity contribution in [2.24, 2.45) is 0 Å². The zero-order chi connectivity index (χ0) is 17.7. The van der Waals surface area contributed by atoms with E-state index in [4.69, 9.17) is 16.3 Å². The van der Waals surface area contributed by atoms with Gasteiger partial charge in [0.15, 0.2) is 9.84 Å². The Morgan fingerprint density at radius 1 is 1.12 bits per heavy atom. The third kappa shape index (κ3) is 4.39. The molecule has 0 aliphatic rings. The number of benzene rings is 2. The van der Waals surface area contributed by atoms with Crippen LogP contribution >= 0.6 is 11.6 Å². The Kier molecular flexibility index (Phi) is 5.69. The van der Waals surface area contributed by atoms with E-state index in [9.17, 15) is 13.2 Å². The number of anilines is 2. The van der Waals surface area contributed by atoms with Gasteiger partial charge in [0, 0.05) is 6.26 Å². The largest absolute Gasteiger partial charge is 0.495 e. The highest BCUT2D eigenvalue weighted by Gasteiger charge is 2.19. The van der Waals surface area contributed by atoms with Crippen molar-refractivity contribution in [3.63, 3.8) is 0 Å².